The largest absolute Gasteiger partial charge is 0.478 e. The molecule has 0 aliphatic carbocycles. The number of urea groups is 1. The molecule has 176 valence electrons. The number of hydrogen-bond donors (Lipinski definition) is 3. The van der Waals surface area contributed by atoms with Gasteiger partial charge in [0.1, 0.15) is 5.15 Å². The van der Waals surface area contributed by atoms with Crippen LogP contribution >= 0.6 is 11.6 Å². The van der Waals surface area contributed by atoms with Crippen LogP contribution in [-0.2, 0) is 12.6 Å². The van der Waals surface area contributed by atoms with Crippen molar-refractivity contribution in [2.45, 2.75) is 33.4 Å². The molecule has 0 radical (unpaired) electrons. The molecule has 0 saturated carbocycles. The van der Waals surface area contributed by atoms with Crippen LogP contribution in [0.3, 0.4) is 0 Å². The second-order valence-electron chi connectivity index (χ2n) is 7.02. The molecule has 3 heterocycles. The summed E-state index contributed by atoms with van der Waals surface area (Å²) < 4.78 is 45.0. The first-order valence-electron chi connectivity index (χ1n) is 9.89. The van der Waals surface area contributed by atoms with Gasteiger partial charge in [-0.2, -0.15) is 23.4 Å². The summed E-state index contributed by atoms with van der Waals surface area (Å²) >= 11 is 5.92. The summed E-state index contributed by atoms with van der Waals surface area (Å²) in [6, 6.07) is 4.16. The first-order valence-corrected chi connectivity index (χ1v) is 10.3. The van der Waals surface area contributed by atoms with Crippen molar-refractivity contribution < 1.29 is 22.7 Å². The fourth-order valence-corrected chi connectivity index (χ4v) is 3.28. The van der Waals surface area contributed by atoms with E-state index in [1.165, 1.54) is 19.1 Å². The minimum atomic E-state index is -4.62. The van der Waals surface area contributed by atoms with Crippen LogP contribution in [0.15, 0.2) is 18.2 Å². The summed E-state index contributed by atoms with van der Waals surface area (Å²) in [4.78, 5) is 16.1. The lowest BCUT2D eigenvalue weighted by molar-refractivity contribution is -0.140. The van der Waals surface area contributed by atoms with Crippen LogP contribution in [0.5, 0.6) is 5.88 Å². The van der Waals surface area contributed by atoms with Crippen molar-refractivity contribution in [3.63, 3.8) is 0 Å². The Morgan fingerprint density at radius 2 is 1.97 bits per heavy atom. The Bertz CT molecular complexity index is 1150. The maximum absolute atomic E-state index is 13.2. The summed E-state index contributed by atoms with van der Waals surface area (Å²) in [5, 5.41) is 19.2. The highest BCUT2D eigenvalue weighted by atomic mass is 35.5. The number of hydrogen-bond acceptors (Lipinski definition) is 6. The fourth-order valence-electron chi connectivity index (χ4n) is 3.08. The molecular weight excluding hydrogens is 463 g/mol. The Hall–Kier alpha value is -3.41. The van der Waals surface area contributed by atoms with E-state index >= 15 is 0 Å². The number of pyridine rings is 1. The number of aryl methyl sites for hydroxylation is 2. The lowest BCUT2D eigenvalue weighted by Crippen LogP contribution is -2.30. The van der Waals surface area contributed by atoms with Gasteiger partial charge in [0, 0.05) is 24.7 Å². The van der Waals surface area contributed by atoms with Crippen LogP contribution in [0.1, 0.15) is 29.6 Å². The molecule has 3 N–H and O–H groups in total. The molecule has 0 aromatic carbocycles. The minimum absolute atomic E-state index is 0.0997. The molecule has 3 aromatic heterocycles. The summed E-state index contributed by atoms with van der Waals surface area (Å²) in [7, 11) is 0. The molecule has 9 nitrogen and oxygen atoms in total. The smallest absolute Gasteiger partial charge is 0.435 e. The molecule has 0 bridgehead atoms. The van der Waals surface area contributed by atoms with Gasteiger partial charge < -0.3 is 15.4 Å². The first-order chi connectivity index (χ1) is 15.6. The van der Waals surface area contributed by atoms with Gasteiger partial charge in [-0.15, -0.1) is 5.10 Å². The van der Waals surface area contributed by atoms with E-state index in [2.05, 4.69) is 36.0 Å². The SMILES string of the molecule is CCOc1cc(NC(=O)NCCc2cc(C)c(-c3c(C(F)(F)F)n[nH]c3C)nn2)cc(Cl)n1. The van der Waals surface area contributed by atoms with Crippen LogP contribution < -0.4 is 15.4 Å². The number of aromatic amines is 1. The number of aromatic nitrogens is 5. The molecule has 0 atom stereocenters. The average Bonchev–Trinajstić information content (AvgIpc) is 3.09. The summed E-state index contributed by atoms with van der Waals surface area (Å²) in [5.41, 5.74) is 0.612. The highest BCUT2D eigenvalue weighted by molar-refractivity contribution is 6.29. The molecule has 2 amide bonds. The van der Waals surface area contributed by atoms with Gasteiger partial charge >= 0.3 is 12.2 Å². The molecule has 3 aromatic rings. The van der Waals surface area contributed by atoms with Gasteiger partial charge in [0.05, 0.1) is 29.2 Å². The van der Waals surface area contributed by atoms with Crippen LogP contribution in [0.2, 0.25) is 5.15 Å². The van der Waals surface area contributed by atoms with E-state index in [0.29, 0.717) is 30.0 Å². The third-order valence-corrected chi connectivity index (χ3v) is 4.67. The zero-order chi connectivity index (χ0) is 24.2. The molecule has 0 aliphatic heterocycles. The monoisotopic (exact) mass is 483 g/mol. The van der Waals surface area contributed by atoms with E-state index < -0.39 is 17.9 Å². The van der Waals surface area contributed by atoms with Gasteiger partial charge in [-0.3, -0.25) is 5.10 Å². The van der Waals surface area contributed by atoms with Gasteiger partial charge in [-0.05, 0) is 38.5 Å². The Balaban J connectivity index is 1.62. The second-order valence-corrected chi connectivity index (χ2v) is 7.41. The third kappa shape index (κ3) is 6.09. The Morgan fingerprint density at radius 3 is 2.64 bits per heavy atom. The van der Waals surface area contributed by atoms with Crippen LogP contribution in [0.25, 0.3) is 11.3 Å². The molecular formula is C20H21ClF3N7O2. The summed E-state index contributed by atoms with van der Waals surface area (Å²) in [5.74, 6) is 0.285. The number of H-pyrrole nitrogens is 1. The maximum atomic E-state index is 13.2. The van der Waals surface area contributed by atoms with Crippen molar-refractivity contribution in [1.82, 2.24) is 30.7 Å². The van der Waals surface area contributed by atoms with Crippen molar-refractivity contribution in [3.05, 3.63) is 46.0 Å². The standard InChI is InChI=1S/C20H21ClF3N7O2/c1-4-33-15-9-13(8-14(21)27-15)26-19(32)25-6-5-12-7-10(2)17(30-29-12)16-11(3)28-31-18(16)20(22,23)24/h7-9H,4-6H2,1-3H3,(H,28,31)(H2,25,26,27,32). The van der Waals surface area contributed by atoms with Crippen molar-refractivity contribution >= 4 is 23.3 Å². The van der Waals surface area contributed by atoms with E-state index in [1.807, 2.05) is 0 Å². The van der Waals surface area contributed by atoms with Crippen LogP contribution in [0.4, 0.5) is 23.7 Å². The number of nitrogens with zero attached hydrogens (tertiary/aromatic N) is 4. The van der Waals surface area contributed by atoms with E-state index in [1.54, 1.807) is 19.9 Å². The highest BCUT2D eigenvalue weighted by Crippen LogP contribution is 2.37. The van der Waals surface area contributed by atoms with Crippen molar-refractivity contribution in [3.8, 4) is 17.1 Å². The van der Waals surface area contributed by atoms with Crippen LogP contribution in [0, 0.1) is 13.8 Å². The number of rotatable bonds is 7. The normalized spacial score (nSPS) is 11.4. The van der Waals surface area contributed by atoms with Crippen molar-refractivity contribution in [2.75, 3.05) is 18.5 Å². The quantitative estimate of drug-likeness (QED) is 0.431. The topological polar surface area (TPSA) is 118 Å². The minimum Gasteiger partial charge on any atom is -0.478 e. The first kappa shape index (κ1) is 24.2. The second kappa shape index (κ2) is 10.0. The number of nitrogens with one attached hydrogen (secondary N) is 3. The van der Waals surface area contributed by atoms with Gasteiger partial charge in [0.2, 0.25) is 5.88 Å². The summed E-state index contributed by atoms with van der Waals surface area (Å²) in [6.07, 6.45) is -4.30. The van der Waals surface area contributed by atoms with Crippen molar-refractivity contribution in [2.24, 2.45) is 0 Å². The zero-order valence-electron chi connectivity index (χ0n) is 18.0. The predicted octanol–water partition coefficient (Wildman–Crippen LogP) is 4.31. The van der Waals surface area contributed by atoms with E-state index in [4.69, 9.17) is 16.3 Å². The Kier molecular flexibility index (Phi) is 7.36. The Morgan fingerprint density at radius 1 is 1.21 bits per heavy atom. The predicted molar refractivity (Wildman–Crippen MR) is 115 cm³/mol. The molecule has 33 heavy (non-hydrogen) atoms. The molecule has 13 heteroatoms. The molecule has 0 saturated heterocycles. The highest BCUT2D eigenvalue weighted by Gasteiger charge is 2.38. The fraction of sp³-hybridized carbons (Fsp3) is 0.350. The zero-order valence-corrected chi connectivity index (χ0v) is 18.7. The number of ether oxygens (including phenoxy) is 1. The van der Waals surface area contributed by atoms with E-state index in [0.717, 1.165) is 0 Å². The third-order valence-electron chi connectivity index (χ3n) is 4.47. The Labute approximate surface area is 192 Å². The van der Waals surface area contributed by atoms with E-state index in [9.17, 15) is 18.0 Å². The van der Waals surface area contributed by atoms with Gasteiger partial charge in [-0.25, -0.2) is 9.78 Å². The average molecular weight is 484 g/mol. The molecule has 0 aliphatic rings. The molecule has 3 rings (SSSR count). The number of carbonyl (C=O) groups is 1. The molecule has 0 spiro atoms. The van der Waals surface area contributed by atoms with Crippen molar-refractivity contribution in [1.29, 1.82) is 0 Å². The van der Waals surface area contributed by atoms with Crippen LogP contribution in [-0.4, -0.2) is 44.6 Å². The lowest BCUT2D eigenvalue weighted by atomic mass is 10.0. The number of alkyl halides is 3. The lowest BCUT2D eigenvalue weighted by Gasteiger charge is -2.11. The molecule has 0 unspecified atom stereocenters. The number of anilines is 1. The van der Waals surface area contributed by atoms with Gasteiger partial charge in [-0.1, -0.05) is 11.6 Å². The van der Waals surface area contributed by atoms with E-state index in [-0.39, 0.29) is 34.5 Å². The summed E-state index contributed by atoms with van der Waals surface area (Å²) in [6.45, 7) is 5.54. The van der Waals surface area contributed by atoms with Gasteiger partial charge in [0.25, 0.3) is 0 Å². The molecule has 0 fully saturated rings. The maximum Gasteiger partial charge on any atom is 0.435 e. The number of amides is 2. The van der Waals surface area contributed by atoms with Gasteiger partial charge in [0.15, 0.2) is 5.69 Å². The number of carbonyl (C=O) groups excluding carboxylic acids is 1. The number of halogens is 4.